The van der Waals surface area contributed by atoms with E-state index in [1.54, 1.807) is 0 Å². The average Bonchev–Trinajstić information content (AvgIpc) is 3.26. The summed E-state index contributed by atoms with van der Waals surface area (Å²) in [4.78, 5) is 0. The molecule has 0 radical (unpaired) electrons. The van der Waals surface area contributed by atoms with Crippen LogP contribution in [0, 0.1) is 0 Å². The number of rotatable bonds is 19. The fourth-order valence-electron chi connectivity index (χ4n) is 5.92. The van der Waals surface area contributed by atoms with E-state index in [0.29, 0.717) is 0 Å². The summed E-state index contributed by atoms with van der Waals surface area (Å²) in [5, 5.41) is 0. The van der Waals surface area contributed by atoms with Crippen LogP contribution in [0.25, 0.3) is 22.8 Å². The van der Waals surface area contributed by atoms with Crippen LogP contribution in [0.3, 0.4) is 0 Å². The van der Waals surface area contributed by atoms with Gasteiger partial charge in [-0.15, -0.1) is 0 Å². The smallest absolute Gasteiger partial charge is 0.119 e. The summed E-state index contributed by atoms with van der Waals surface area (Å²) < 4.78 is 8.27. The van der Waals surface area contributed by atoms with Crippen LogP contribution in [0.5, 0.6) is 5.75 Å². The van der Waals surface area contributed by atoms with Gasteiger partial charge in [0.2, 0.25) is 0 Å². The van der Waals surface area contributed by atoms with E-state index >= 15 is 0 Å². The standard InChI is InChI=1S/C38H48Br2O/c1-2-3-4-5-6-7-8-9-10-11-12-13-14-15-16-17-26-41-33-22-18-30(19-23-33)27-36-37-28-31(39)20-24-34(37)35-25-21-32(40)29-38(35)36/h18-25,27-29H,2-17,26H2,1H3. The van der Waals surface area contributed by atoms with Gasteiger partial charge in [0.1, 0.15) is 5.75 Å². The summed E-state index contributed by atoms with van der Waals surface area (Å²) in [6.07, 6.45) is 24.6. The largest absolute Gasteiger partial charge is 0.494 e. The second-order valence-electron chi connectivity index (χ2n) is 11.7. The number of halogens is 2. The van der Waals surface area contributed by atoms with Gasteiger partial charge in [-0.3, -0.25) is 0 Å². The molecule has 0 aromatic heterocycles. The van der Waals surface area contributed by atoms with Crippen molar-refractivity contribution in [3.63, 3.8) is 0 Å². The molecule has 0 bridgehead atoms. The Kier molecular flexibility index (Phi) is 14.1. The number of fused-ring (bicyclic) bond motifs is 3. The maximum Gasteiger partial charge on any atom is 0.119 e. The average molecular weight is 681 g/mol. The first kappa shape index (κ1) is 32.1. The number of benzene rings is 3. The van der Waals surface area contributed by atoms with Crippen LogP contribution in [-0.4, -0.2) is 6.61 Å². The fraction of sp³-hybridized carbons (Fsp3) is 0.474. The maximum atomic E-state index is 6.06. The normalized spacial score (nSPS) is 11.9. The summed E-state index contributed by atoms with van der Waals surface area (Å²) in [5.41, 5.74) is 7.59. The minimum atomic E-state index is 0.807. The highest BCUT2D eigenvalue weighted by atomic mass is 79.9. The van der Waals surface area contributed by atoms with Gasteiger partial charge in [0.05, 0.1) is 6.61 Å². The van der Waals surface area contributed by atoms with Crippen molar-refractivity contribution in [1.82, 2.24) is 0 Å². The van der Waals surface area contributed by atoms with Crippen molar-refractivity contribution in [2.45, 2.75) is 110 Å². The Balaban J connectivity index is 1.10. The van der Waals surface area contributed by atoms with E-state index in [4.69, 9.17) is 4.74 Å². The van der Waals surface area contributed by atoms with E-state index in [1.165, 1.54) is 130 Å². The van der Waals surface area contributed by atoms with Crippen LogP contribution in [0.4, 0.5) is 0 Å². The highest BCUT2D eigenvalue weighted by Crippen LogP contribution is 2.46. The first-order valence-electron chi connectivity index (χ1n) is 16.2. The topological polar surface area (TPSA) is 9.23 Å². The second kappa shape index (κ2) is 18.0. The molecule has 0 atom stereocenters. The molecule has 1 aliphatic rings. The number of unbranched alkanes of at least 4 members (excludes halogenated alkanes) is 15. The molecular weight excluding hydrogens is 632 g/mol. The molecule has 0 spiro atoms. The Morgan fingerprint density at radius 2 is 0.951 bits per heavy atom. The Hall–Kier alpha value is -1.84. The molecule has 0 saturated carbocycles. The predicted octanol–water partition coefficient (Wildman–Crippen LogP) is 13.4. The summed E-state index contributed by atoms with van der Waals surface area (Å²) in [6, 6.07) is 21.7. The minimum Gasteiger partial charge on any atom is -0.494 e. The van der Waals surface area contributed by atoms with Crippen molar-refractivity contribution in [3.8, 4) is 16.9 Å². The maximum absolute atomic E-state index is 6.06. The third-order valence-electron chi connectivity index (χ3n) is 8.29. The number of hydrogen-bond donors (Lipinski definition) is 0. The molecule has 3 heteroatoms. The van der Waals surface area contributed by atoms with Crippen LogP contribution in [-0.2, 0) is 0 Å². The number of hydrogen-bond acceptors (Lipinski definition) is 1. The molecule has 1 nitrogen and oxygen atoms in total. The lowest BCUT2D eigenvalue weighted by Gasteiger charge is -2.08. The van der Waals surface area contributed by atoms with Crippen LogP contribution in [0.15, 0.2) is 69.6 Å². The lowest BCUT2D eigenvalue weighted by molar-refractivity contribution is 0.304. The molecule has 3 aromatic carbocycles. The molecule has 0 saturated heterocycles. The van der Waals surface area contributed by atoms with Crippen LogP contribution >= 0.6 is 31.9 Å². The Morgan fingerprint density at radius 1 is 0.512 bits per heavy atom. The zero-order valence-corrected chi connectivity index (χ0v) is 28.2. The van der Waals surface area contributed by atoms with Crippen LogP contribution in [0.1, 0.15) is 126 Å². The predicted molar refractivity (Wildman–Crippen MR) is 186 cm³/mol. The fourth-order valence-corrected chi connectivity index (χ4v) is 6.64. The molecule has 0 fully saturated rings. The van der Waals surface area contributed by atoms with Gasteiger partial charge in [-0.2, -0.15) is 0 Å². The third-order valence-corrected chi connectivity index (χ3v) is 9.28. The second-order valence-corrected chi connectivity index (χ2v) is 13.5. The molecule has 0 N–H and O–H groups in total. The van der Waals surface area contributed by atoms with Crippen molar-refractivity contribution in [1.29, 1.82) is 0 Å². The van der Waals surface area contributed by atoms with Crippen LogP contribution < -0.4 is 4.74 Å². The lowest BCUT2D eigenvalue weighted by Crippen LogP contribution is -1.97. The van der Waals surface area contributed by atoms with E-state index in [2.05, 4.69) is 106 Å². The molecule has 41 heavy (non-hydrogen) atoms. The quantitative estimate of drug-likeness (QED) is 0.0896. The Bertz CT molecular complexity index is 1170. The number of ether oxygens (including phenoxy) is 1. The van der Waals surface area contributed by atoms with E-state index in [1.807, 2.05) is 0 Å². The van der Waals surface area contributed by atoms with Gasteiger partial charge in [0.25, 0.3) is 0 Å². The van der Waals surface area contributed by atoms with E-state index in [-0.39, 0.29) is 0 Å². The van der Waals surface area contributed by atoms with Crippen molar-refractivity contribution in [3.05, 3.63) is 86.3 Å². The first-order valence-corrected chi connectivity index (χ1v) is 17.8. The van der Waals surface area contributed by atoms with Gasteiger partial charge < -0.3 is 4.74 Å². The Labute approximate surface area is 266 Å². The molecule has 0 amide bonds. The van der Waals surface area contributed by atoms with Crippen molar-refractivity contribution in [2.24, 2.45) is 0 Å². The van der Waals surface area contributed by atoms with E-state index in [9.17, 15) is 0 Å². The lowest BCUT2D eigenvalue weighted by atomic mass is 10.0. The van der Waals surface area contributed by atoms with E-state index < -0.39 is 0 Å². The van der Waals surface area contributed by atoms with Gasteiger partial charge >= 0.3 is 0 Å². The third kappa shape index (κ3) is 10.4. The van der Waals surface area contributed by atoms with Gasteiger partial charge in [-0.25, -0.2) is 0 Å². The summed E-state index contributed by atoms with van der Waals surface area (Å²) in [5.74, 6) is 0.964. The molecule has 4 rings (SSSR count). The minimum absolute atomic E-state index is 0.807. The zero-order valence-electron chi connectivity index (χ0n) is 25.0. The van der Waals surface area contributed by atoms with Gasteiger partial charge in [0, 0.05) is 8.95 Å². The zero-order chi connectivity index (χ0) is 28.7. The molecule has 0 unspecified atom stereocenters. The van der Waals surface area contributed by atoms with E-state index in [0.717, 1.165) is 27.7 Å². The first-order chi connectivity index (χ1) is 20.2. The van der Waals surface area contributed by atoms with Crippen molar-refractivity contribution >= 4 is 43.5 Å². The molecule has 3 aromatic rings. The summed E-state index contributed by atoms with van der Waals surface area (Å²) in [6.45, 7) is 3.10. The Morgan fingerprint density at radius 3 is 1.41 bits per heavy atom. The summed E-state index contributed by atoms with van der Waals surface area (Å²) in [7, 11) is 0. The molecule has 0 heterocycles. The highest BCUT2D eigenvalue weighted by Gasteiger charge is 2.23. The van der Waals surface area contributed by atoms with Gasteiger partial charge in [0.15, 0.2) is 0 Å². The van der Waals surface area contributed by atoms with Crippen molar-refractivity contribution in [2.75, 3.05) is 6.61 Å². The van der Waals surface area contributed by atoms with Crippen molar-refractivity contribution < 1.29 is 4.74 Å². The SMILES string of the molecule is CCCCCCCCCCCCCCCCCCOc1ccc(C=C2c3cc(Br)ccc3-c3ccc(Br)cc32)cc1. The van der Waals surface area contributed by atoms with Crippen LogP contribution in [0.2, 0.25) is 0 Å². The van der Waals surface area contributed by atoms with Gasteiger partial charge in [-0.05, 0) is 82.3 Å². The molecule has 1 aliphatic carbocycles. The summed E-state index contributed by atoms with van der Waals surface area (Å²) >= 11 is 7.33. The molecule has 0 aliphatic heterocycles. The monoisotopic (exact) mass is 678 g/mol. The molecular formula is C38H48Br2O. The van der Waals surface area contributed by atoms with Gasteiger partial charge in [-0.1, -0.05) is 159 Å². The highest BCUT2D eigenvalue weighted by molar-refractivity contribution is 9.10. The molecule has 220 valence electrons.